The van der Waals surface area contributed by atoms with Gasteiger partial charge in [-0.15, -0.1) is 0 Å². The Balaban J connectivity index is 2.29. The quantitative estimate of drug-likeness (QED) is 0.590. The molecule has 2 nitrogen and oxygen atoms in total. The van der Waals surface area contributed by atoms with E-state index in [1.807, 2.05) is 0 Å². The van der Waals surface area contributed by atoms with Gasteiger partial charge >= 0.3 is 0 Å². The summed E-state index contributed by atoms with van der Waals surface area (Å²) in [5, 5.41) is 0. The van der Waals surface area contributed by atoms with E-state index in [4.69, 9.17) is 4.74 Å². The first-order valence-electron chi connectivity index (χ1n) is 5.34. The topological polar surface area (TPSA) is 26.3 Å². The van der Waals surface area contributed by atoms with Crippen molar-refractivity contribution >= 4 is 5.78 Å². The number of ether oxygens (including phenoxy) is 1. The molecule has 1 heterocycles. The summed E-state index contributed by atoms with van der Waals surface area (Å²) >= 11 is 0. The molecule has 2 unspecified atom stereocenters. The van der Waals surface area contributed by atoms with Crippen LogP contribution in [0.1, 0.15) is 30.1 Å². The molecule has 0 aliphatic carbocycles. The number of carbonyl (C=O) groups is 1. The average molecular weight is 244 g/mol. The number of halogens is 3. The summed E-state index contributed by atoms with van der Waals surface area (Å²) in [5.74, 6) is -5.01. The van der Waals surface area contributed by atoms with Crippen molar-refractivity contribution in [2.45, 2.75) is 32.0 Å². The van der Waals surface area contributed by atoms with Crippen LogP contribution in [0.2, 0.25) is 0 Å². The lowest BCUT2D eigenvalue weighted by molar-refractivity contribution is 0.0429. The normalized spacial score (nSPS) is 24.0. The van der Waals surface area contributed by atoms with Crippen molar-refractivity contribution in [3.05, 3.63) is 35.1 Å². The second-order valence-corrected chi connectivity index (χ2v) is 4.10. The second-order valence-electron chi connectivity index (χ2n) is 4.10. The molecule has 0 aromatic heterocycles. The molecule has 0 saturated carbocycles. The van der Waals surface area contributed by atoms with Crippen LogP contribution in [0.4, 0.5) is 13.2 Å². The summed E-state index contributed by atoms with van der Waals surface area (Å²) in [6.45, 7) is 1.80. The highest BCUT2D eigenvalue weighted by atomic mass is 19.2. The largest absolute Gasteiger partial charge is 0.367 e. The van der Waals surface area contributed by atoms with E-state index in [-0.39, 0.29) is 6.10 Å². The minimum Gasteiger partial charge on any atom is -0.367 e. The third-order valence-corrected chi connectivity index (χ3v) is 2.83. The van der Waals surface area contributed by atoms with Gasteiger partial charge in [-0.3, -0.25) is 4.79 Å². The number of hydrogen-bond donors (Lipinski definition) is 0. The fourth-order valence-corrected chi connectivity index (χ4v) is 1.89. The molecule has 1 aromatic carbocycles. The third kappa shape index (κ3) is 2.20. The predicted molar refractivity (Wildman–Crippen MR) is 54.2 cm³/mol. The number of carbonyl (C=O) groups excluding carboxylic acids is 1. The molecule has 0 N–H and O–H groups in total. The molecule has 0 amide bonds. The van der Waals surface area contributed by atoms with E-state index < -0.39 is 34.9 Å². The molecule has 92 valence electrons. The highest BCUT2D eigenvalue weighted by Crippen LogP contribution is 2.24. The van der Waals surface area contributed by atoms with Crippen molar-refractivity contribution < 1.29 is 22.7 Å². The van der Waals surface area contributed by atoms with Gasteiger partial charge in [0.05, 0.1) is 11.7 Å². The van der Waals surface area contributed by atoms with E-state index >= 15 is 0 Å². The van der Waals surface area contributed by atoms with E-state index in [1.165, 1.54) is 0 Å². The molecule has 17 heavy (non-hydrogen) atoms. The molecule has 1 saturated heterocycles. The molecule has 2 atom stereocenters. The van der Waals surface area contributed by atoms with E-state index in [1.54, 1.807) is 6.92 Å². The predicted octanol–water partition coefficient (Wildman–Crippen LogP) is 2.85. The van der Waals surface area contributed by atoms with Crippen LogP contribution in [0.5, 0.6) is 0 Å². The maximum Gasteiger partial charge on any atom is 0.195 e. The fraction of sp³-hybridized carbons (Fsp3) is 0.417. The number of ketones is 1. The molecule has 5 heteroatoms. The fourth-order valence-electron chi connectivity index (χ4n) is 1.89. The summed E-state index contributed by atoms with van der Waals surface area (Å²) in [6, 6.07) is 1.69. The zero-order valence-corrected chi connectivity index (χ0v) is 9.17. The van der Waals surface area contributed by atoms with Gasteiger partial charge in [-0.1, -0.05) is 0 Å². The summed E-state index contributed by atoms with van der Waals surface area (Å²) in [4.78, 5) is 11.8. The smallest absolute Gasteiger partial charge is 0.195 e. The number of rotatable bonds is 2. The van der Waals surface area contributed by atoms with Crippen LogP contribution < -0.4 is 0 Å². The summed E-state index contributed by atoms with van der Waals surface area (Å²) in [5.41, 5.74) is -0.456. The first-order chi connectivity index (χ1) is 8.00. The van der Waals surface area contributed by atoms with Gasteiger partial charge < -0.3 is 4.74 Å². The van der Waals surface area contributed by atoms with Crippen molar-refractivity contribution in [1.29, 1.82) is 0 Å². The van der Waals surface area contributed by atoms with E-state index in [2.05, 4.69) is 0 Å². The van der Waals surface area contributed by atoms with Gasteiger partial charge in [0.25, 0.3) is 0 Å². The lowest BCUT2D eigenvalue weighted by Crippen LogP contribution is -2.22. The van der Waals surface area contributed by atoms with Crippen LogP contribution in [0, 0.1) is 17.5 Å². The van der Waals surface area contributed by atoms with Gasteiger partial charge in [0, 0.05) is 0 Å². The number of hydrogen-bond acceptors (Lipinski definition) is 2. The minimum atomic E-state index is -1.62. The lowest BCUT2D eigenvalue weighted by atomic mass is 10.0. The van der Waals surface area contributed by atoms with Gasteiger partial charge in [0.15, 0.2) is 23.2 Å². The van der Waals surface area contributed by atoms with Gasteiger partial charge in [-0.25, -0.2) is 13.2 Å². The molecule has 0 spiro atoms. The molecule has 0 radical (unpaired) electrons. The molecule has 1 fully saturated rings. The van der Waals surface area contributed by atoms with Crippen LogP contribution in [-0.4, -0.2) is 18.0 Å². The van der Waals surface area contributed by atoms with Gasteiger partial charge in [-0.2, -0.15) is 0 Å². The highest BCUT2D eigenvalue weighted by molar-refractivity contribution is 5.99. The van der Waals surface area contributed by atoms with Gasteiger partial charge in [0.1, 0.15) is 6.10 Å². The van der Waals surface area contributed by atoms with E-state index in [0.29, 0.717) is 12.8 Å². The minimum absolute atomic E-state index is 0.0719. The SMILES string of the molecule is CC1CCC(C(=O)c2ccc(F)c(F)c2F)O1. The summed E-state index contributed by atoms with van der Waals surface area (Å²) in [7, 11) is 0. The molecular weight excluding hydrogens is 233 g/mol. The van der Waals surface area contributed by atoms with Crippen molar-refractivity contribution in [1.82, 2.24) is 0 Å². The Labute approximate surface area is 96.4 Å². The average Bonchev–Trinajstić information content (AvgIpc) is 2.72. The monoisotopic (exact) mass is 244 g/mol. The molecule has 0 bridgehead atoms. The van der Waals surface area contributed by atoms with Gasteiger partial charge in [-0.05, 0) is 31.9 Å². The van der Waals surface area contributed by atoms with Crippen molar-refractivity contribution in [3.8, 4) is 0 Å². The first kappa shape index (κ1) is 12.1. The van der Waals surface area contributed by atoms with Crippen molar-refractivity contribution in [2.24, 2.45) is 0 Å². The molecule has 2 rings (SSSR count). The van der Waals surface area contributed by atoms with Gasteiger partial charge in [0.2, 0.25) is 0 Å². The zero-order valence-electron chi connectivity index (χ0n) is 9.17. The van der Waals surface area contributed by atoms with E-state index in [0.717, 1.165) is 12.1 Å². The second kappa shape index (κ2) is 4.49. The molecule has 1 aliphatic heterocycles. The Morgan fingerprint density at radius 1 is 1.24 bits per heavy atom. The standard InChI is InChI=1S/C12H11F3O2/c1-6-2-5-9(17-6)12(16)7-3-4-8(13)11(15)10(7)14/h3-4,6,9H,2,5H2,1H3. The lowest BCUT2D eigenvalue weighted by Gasteiger charge is -2.10. The number of Topliss-reactive ketones (excluding diaryl/α,β-unsaturated/α-hetero) is 1. The Kier molecular flexibility index (Phi) is 3.19. The van der Waals surface area contributed by atoms with Crippen LogP contribution in [0.3, 0.4) is 0 Å². The molecule has 1 aliphatic rings. The third-order valence-electron chi connectivity index (χ3n) is 2.83. The molecular formula is C12H11F3O2. The Morgan fingerprint density at radius 2 is 1.94 bits per heavy atom. The first-order valence-corrected chi connectivity index (χ1v) is 5.34. The highest BCUT2D eigenvalue weighted by Gasteiger charge is 2.31. The van der Waals surface area contributed by atoms with Crippen molar-refractivity contribution in [2.75, 3.05) is 0 Å². The van der Waals surface area contributed by atoms with E-state index in [9.17, 15) is 18.0 Å². The zero-order chi connectivity index (χ0) is 12.6. The van der Waals surface area contributed by atoms with Crippen LogP contribution in [0.25, 0.3) is 0 Å². The Hall–Kier alpha value is -1.36. The van der Waals surface area contributed by atoms with Crippen LogP contribution >= 0.6 is 0 Å². The number of benzene rings is 1. The van der Waals surface area contributed by atoms with Crippen LogP contribution in [0.15, 0.2) is 12.1 Å². The van der Waals surface area contributed by atoms with Crippen molar-refractivity contribution in [3.63, 3.8) is 0 Å². The van der Waals surface area contributed by atoms with Crippen LogP contribution in [-0.2, 0) is 4.74 Å². The maximum atomic E-state index is 13.4. The summed E-state index contributed by atoms with van der Waals surface area (Å²) < 4.78 is 44.3. The molecule has 1 aromatic rings. The summed E-state index contributed by atoms with van der Waals surface area (Å²) in [6.07, 6.45) is 0.335. The Bertz CT molecular complexity index is 459. The maximum absolute atomic E-state index is 13.4. The Morgan fingerprint density at radius 3 is 2.53 bits per heavy atom.